The standard InChI is InChI=1S/C18H30O/c1-2-3-4-5-6-7-8-9-10-11-12-13-14-15-16-17-18-19/h3-4,6-7,9-10,18H,2,5,8,11-17H2,1H3/b4-3+,7-6+,10-9+. The van der Waals surface area contributed by atoms with E-state index in [4.69, 9.17) is 0 Å². The highest BCUT2D eigenvalue weighted by molar-refractivity contribution is 5.48. The molecule has 0 aromatic heterocycles. The quantitative estimate of drug-likeness (QED) is 0.234. The van der Waals surface area contributed by atoms with Crippen LogP contribution in [0.25, 0.3) is 0 Å². The van der Waals surface area contributed by atoms with Crippen molar-refractivity contribution in [3.8, 4) is 0 Å². The van der Waals surface area contributed by atoms with Crippen molar-refractivity contribution in [1.82, 2.24) is 0 Å². The summed E-state index contributed by atoms with van der Waals surface area (Å²) in [6.07, 6.45) is 25.7. The molecule has 108 valence electrons. The number of carbonyl (C=O) groups is 1. The van der Waals surface area contributed by atoms with Gasteiger partial charge in [0.05, 0.1) is 0 Å². The molecule has 0 aliphatic heterocycles. The van der Waals surface area contributed by atoms with Crippen LogP contribution in [-0.2, 0) is 4.79 Å². The van der Waals surface area contributed by atoms with E-state index in [0.29, 0.717) is 0 Å². The van der Waals surface area contributed by atoms with E-state index in [9.17, 15) is 4.79 Å². The summed E-state index contributed by atoms with van der Waals surface area (Å²) < 4.78 is 0. The summed E-state index contributed by atoms with van der Waals surface area (Å²) in [5.74, 6) is 0. The van der Waals surface area contributed by atoms with Crippen LogP contribution in [0.4, 0.5) is 0 Å². The molecule has 0 heterocycles. The van der Waals surface area contributed by atoms with Crippen LogP contribution in [0.15, 0.2) is 36.5 Å². The number of allylic oxidation sites excluding steroid dienone is 6. The molecule has 0 spiro atoms. The highest BCUT2D eigenvalue weighted by Gasteiger charge is 1.89. The minimum atomic E-state index is 0.736. The van der Waals surface area contributed by atoms with E-state index in [1.165, 1.54) is 32.1 Å². The summed E-state index contributed by atoms with van der Waals surface area (Å²) in [4.78, 5) is 10.1. The Labute approximate surface area is 119 Å². The first-order valence-corrected chi connectivity index (χ1v) is 7.80. The third-order valence-corrected chi connectivity index (χ3v) is 2.97. The van der Waals surface area contributed by atoms with E-state index >= 15 is 0 Å². The lowest BCUT2D eigenvalue weighted by atomic mass is 10.1. The number of hydrogen-bond acceptors (Lipinski definition) is 1. The molecule has 0 unspecified atom stereocenters. The summed E-state index contributed by atoms with van der Waals surface area (Å²) in [7, 11) is 0. The van der Waals surface area contributed by atoms with Gasteiger partial charge in [0.2, 0.25) is 0 Å². The van der Waals surface area contributed by atoms with Gasteiger partial charge in [-0.2, -0.15) is 0 Å². The molecule has 0 aliphatic carbocycles. The van der Waals surface area contributed by atoms with Gasteiger partial charge in [-0.05, 0) is 38.5 Å². The van der Waals surface area contributed by atoms with Crippen LogP contribution in [0.5, 0.6) is 0 Å². The Bertz CT molecular complexity index is 261. The second kappa shape index (κ2) is 16.9. The number of aldehydes is 1. The zero-order chi connectivity index (χ0) is 14.0. The van der Waals surface area contributed by atoms with Crippen LogP contribution in [0.3, 0.4) is 0 Å². The van der Waals surface area contributed by atoms with Crippen molar-refractivity contribution in [3.63, 3.8) is 0 Å². The molecule has 0 aromatic rings. The third kappa shape index (κ3) is 16.9. The van der Waals surface area contributed by atoms with Gasteiger partial charge < -0.3 is 4.79 Å². The molecule has 0 fully saturated rings. The minimum absolute atomic E-state index is 0.736. The lowest BCUT2D eigenvalue weighted by Crippen LogP contribution is -1.80. The normalized spacial score (nSPS) is 12.1. The Morgan fingerprint density at radius 2 is 1.16 bits per heavy atom. The Morgan fingerprint density at radius 1 is 0.632 bits per heavy atom. The molecule has 0 saturated carbocycles. The van der Waals surface area contributed by atoms with Crippen molar-refractivity contribution in [3.05, 3.63) is 36.5 Å². The van der Waals surface area contributed by atoms with E-state index in [-0.39, 0.29) is 0 Å². The summed E-state index contributed by atoms with van der Waals surface area (Å²) in [5.41, 5.74) is 0. The lowest BCUT2D eigenvalue weighted by Gasteiger charge is -1.97. The van der Waals surface area contributed by atoms with E-state index in [1.54, 1.807) is 0 Å². The van der Waals surface area contributed by atoms with Gasteiger partial charge in [0.15, 0.2) is 0 Å². The van der Waals surface area contributed by atoms with Gasteiger partial charge in [-0.15, -0.1) is 0 Å². The highest BCUT2D eigenvalue weighted by atomic mass is 16.1. The minimum Gasteiger partial charge on any atom is -0.303 e. The Morgan fingerprint density at radius 3 is 1.79 bits per heavy atom. The van der Waals surface area contributed by atoms with Gasteiger partial charge in [0, 0.05) is 6.42 Å². The number of rotatable bonds is 13. The Kier molecular flexibility index (Phi) is 15.9. The van der Waals surface area contributed by atoms with Crippen molar-refractivity contribution in [2.75, 3.05) is 0 Å². The smallest absolute Gasteiger partial charge is 0.119 e. The molecule has 19 heavy (non-hydrogen) atoms. The van der Waals surface area contributed by atoms with E-state index in [2.05, 4.69) is 43.4 Å². The van der Waals surface area contributed by atoms with Gasteiger partial charge in [-0.1, -0.05) is 62.6 Å². The van der Waals surface area contributed by atoms with Crippen molar-refractivity contribution in [1.29, 1.82) is 0 Å². The molecule has 0 aliphatic rings. The van der Waals surface area contributed by atoms with Gasteiger partial charge in [-0.25, -0.2) is 0 Å². The summed E-state index contributed by atoms with van der Waals surface area (Å²) >= 11 is 0. The maximum absolute atomic E-state index is 10.1. The molecule has 0 amide bonds. The fraction of sp³-hybridized carbons (Fsp3) is 0.611. The van der Waals surface area contributed by atoms with Crippen LogP contribution >= 0.6 is 0 Å². The molecule has 0 rings (SSSR count). The maximum Gasteiger partial charge on any atom is 0.119 e. The lowest BCUT2D eigenvalue weighted by molar-refractivity contribution is -0.107. The molecule has 0 aromatic carbocycles. The second-order valence-electron chi connectivity index (χ2n) is 4.81. The van der Waals surface area contributed by atoms with Crippen LogP contribution in [-0.4, -0.2) is 6.29 Å². The van der Waals surface area contributed by atoms with Crippen LogP contribution in [0.1, 0.15) is 71.1 Å². The van der Waals surface area contributed by atoms with E-state index < -0.39 is 0 Å². The molecule has 1 heteroatoms. The summed E-state index contributed by atoms with van der Waals surface area (Å²) in [6, 6.07) is 0. The Hall–Kier alpha value is -1.11. The van der Waals surface area contributed by atoms with Crippen molar-refractivity contribution in [2.24, 2.45) is 0 Å². The average molecular weight is 262 g/mol. The van der Waals surface area contributed by atoms with Crippen molar-refractivity contribution < 1.29 is 4.79 Å². The fourth-order valence-corrected chi connectivity index (χ4v) is 1.85. The molecule has 0 N–H and O–H groups in total. The monoisotopic (exact) mass is 262 g/mol. The summed E-state index contributed by atoms with van der Waals surface area (Å²) in [6.45, 7) is 2.16. The molecule has 1 nitrogen and oxygen atoms in total. The van der Waals surface area contributed by atoms with E-state index in [0.717, 1.165) is 38.4 Å². The topological polar surface area (TPSA) is 17.1 Å². The average Bonchev–Trinajstić information content (AvgIpc) is 2.43. The Balaban J connectivity index is 3.21. The molecule has 0 bridgehead atoms. The van der Waals surface area contributed by atoms with Gasteiger partial charge in [-0.3, -0.25) is 0 Å². The SMILES string of the molecule is CC/C=C/C/C=C/C/C=C/CCCCCCCC=O. The molecule has 0 atom stereocenters. The third-order valence-electron chi connectivity index (χ3n) is 2.97. The number of carbonyl (C=O) groups excluding carboxylic acids is 1. The first-order chi connectivity index (χ1) is 9.41. The number of unbranched alkanes of at least 4 members (excludes halogenated alkanes) is 6. The zero-order valence-corrected chi connectivity index (χ0v) is 12.5. The second-order valence-corrected chi connectivity index (χ2v) is 4.81. The maximum atomic E-state index is 10.1. The number of hydrogen-bond donors (Lipinski definition) is 0. The van der Waals surface area contributed by atoms with Crippen molar-refractivity contribution in [2.45, 2.75) is 71.1 Å². The fourth-order valence-electron chi connectivity index (χ4n) is 1.85. The van der Waals surface area contributed by atoms with Gasteiger partial charge in [0.1, 0.15) is 6.29 Å². The summed E-state index contributed by atoms with van der Waals surface area (Å²) in [5, 5.41) is 0. The predicted molar refractivity (Wildman–Crippen MR) is 85.3 cm³/mol. The zero-order valence-electron chi connectivity index (χ0n) is 12.5. The molecular formula is C18H30O. The van der Waals surface area contributed by atoms with Crippen molar-refractivity contribution >= 4 is 6.29 Å². The first-order valence-electron chi connectivity index (χ1n) is 7.80. The largest absolute Gasteiger partial charge is 0.303 e. The molecular weight excluding hydrogens is 232 g/mol. The van der Waals surface area contributed by atoms with Crippen LogP contribution in [0, 0.1) is 0 Å². The van der Waals surface area contributed by atoms with Crippen LogP contribution < -0.4 is 0 Å². The van der Waals surface area contributed by atoms with Gasteiger partial charge in [0.25, 0.3) is 0 Å². The first kappa shape index (κ1) is 17.9. The highest BCUT2D eigenvalue weighted by Crippen LogP contribution is 2.07. The molecule has 0 radical (unpaired) electrons. The molecule has 0 saturated heterocycles. The van der Waals surface area contributed by atoms with Crippen LogP contribution in [0.2, 0.25) is 0 Å². The van der Waals surface area contributed by atoms with Gasteiger partial charge >= 0.3 is 0 Å². The van der Waals surface area contributed by atoms with E-state index in [1.807, 2.05) is 0 Å². The predicted octanol–water partition coefficient (Wildman–Crippen LogP) is 5.77.